The maximum absolute atomic E-state index is 14.4. The molecule has 1 fully saturated rings. The molecule has 0 bridgehead atoms. The molecule has 0 radical (unpaired) electrons. The van der Waals surface area contributed by atoms with E-state index >= 15 is 0 Å². The summed E-state index contributed by atoms with van der Waals surface area (Å²) in [5.41, 5.74) is 0.925. The van der Waals surface area contributed by atoms with Crippen molar-refractivity contribution in [1.29, 1.82) is 0 Å². The third kappa shape index (κ3) is 1.62. The van der Waals surface area contributed by atoms with Crippen LogP contribution in [0.5, 0.6) is 0 Å². The lowest BCUT2D eigenvalue weighted by molar-refractivity contribution is -0.0254. The molecule has 2 aliphatic heterocycles. The topological polar surface area (TPSA) is 16.1 Å². The second-order valence-corrected chi connectivity index (χ2v) is 5.65. The van der Waals surface area contributed by atoms with E-state index in [9.17, 15) is 8.78 Å². The van der Waals surface area contributed by atoms with Crippen molar-refractivity contribution in [2.45, 2.75) is 51.0 Å². The zero-order valence-electron chi connectivity index (χ0n) is 10.8. The number of alkyl halides is 2. The van der Waals surface area contributed by atoms with Gasteiger partial charge in [0, 0.05) is 25.2 Å². The third-order valence-electron chi connectivity index (χ3n) is 4.09. The summed E-state index contributed by atoms with van der Waals surface area (Å²) in [6.45, 7) is 4.78. The Bertz CT molecular complexity index is 471. The van der Waals surface area contributed by atoms with Crippen molar-refractivity contribution >= 4 is 5.82 Å². The summed E-state index contributed by atoms with van der Waals surface area (Å²) in [6.07, 6.45) is 3.48. The molecule has 0 amide bonds. The molecule has 1 unspecified atom stereocenters. The predicted octanol–water partition coefficient (Wildman–Crippen LogP) is 3.67. The molecular formula is C14H18F2N2. The molecule has 4 heteroatoms. The highest BCUT2D eigenvalue weighted by Gasteiger charge is 2.48. The van der Waals surface area contributed by atoms with Crippen molar-refractivity contribution in [3.63, 3.8) is 0 Å². The van der Waals surface area contributed by atoms with Gasteiger partial charge in [0.15, 0.2) is 0 Å². The van der Waals surface area contributed by atoms with Crippen molar-refractivity contribution in [3.05, 3.63) is 23.4 Å². The van der Waals surface area contributed by atoms with Crippen LogP contribution in [0.25, 0.3) is 0 Å². The Balaban J connectivity index is 2.19. The van der Waals surface area contributed by atoms with Gasteiger partial charge in [0.25, 0.3) is 5.92 Å². The van der Waals surface area contributed by atoms with Gasteiger partial charge in [-0.15, -0.1) is 0 Å². The van der Waals surface area contributed by atoms with Crippen molar-refractivity contribution in [2.24, 2.45) is 0 Å². The molecule has 0 aromatic carbocycles. The number of pyridine rings is 1. The van der Waals surface area contributed by atoms with Crippen LogP contribution in [0.1, 0.15) is 50.2 Å². The van der Waals surface area contributed by atoms with E-state index in [-0.39, 0.29) is 23.9 Å². The summed E-state index contributed by atoms with van der Waals surface area (Å²) in [4.78, 5) is 6.33. The van der Waals surface area contributed by atoms with E-state index in [0.717, 1.165) is 24.9 Å². The maximum Gasteiger partial charge on any atom is 0.279 e. The fourth-order valence-electron chi connectivity index (χ4n) is 3.26. The summed E-state index contributed by atoms with van der Waals surface area (Å²) in [6, 6.07) is 1.72. The molecule has 2 nitrogen and oxygen atoms in total. The fraction of sp³-hybridized carbons (Fsp3) is 0.643. The predicted molar refractivity (Wildman–Crippen MR) is 67.2 cm³/mol. The number of fused-ring (bicyclic) bond motifs is 3. The lowest BCUT2D eigenvalue weighted by Crippen LogP contribution is -2.41. The van der Waals surface area contributed by atoms with Gasteiger partial charge in [0.1, 0.15) is 5.82 Å². The van der Waals surface area contributed by atoms with Crippen LogP contribution in [0.4, 0.5) is 14.6 Å². The van der Waals surface area contributed by atoms with Gasteiger partial charge in [-0.3, -0.25) is 0 Å². The van der Waals surface area contributed by atoms with Crippen molar-refractivity contribution in [3.8, 4) is 0 Å². The Kier molecular flexibility index (Phi) is 2.57. The van der Waals surface area contributed by atoms with Crippen molar-refractivity contribution in [2.75, 3.05) is 11.4 Å². The number of nitrogens with zero attached hydrogens (tertiary/aromatic N) is 2. The number of anilines is 1. The largest absolute Gasteiger partial charge is 0.353 e. The monoisotopic (exact) mass is 252 g/mol. The van der Waals surface area contributed by atoms with Gasteiger partial charge in [-0.2, -0.15) is 0 Å². The van der Waals surface area contributed by atoms with Crippen LogP contribution in [0.15, 0.2) is 12.3 Å². The molecule has 3 heterocycles. The summed E-state index contributed by atoms with van der Waals surface area (Å²) < 4.78 is 28.8. The van der Waals surface area contributed by atoms with Gasteiger partial charge in [0.05, 0.1) is 5.56 Å². The van der Waals surface area contributed by atoms with E-state index in [4.69, 9.17) is 0 Å². The number of hydrogen-bond donors (Lipinski definition) is 0. The first-order valence-electron chi connectivity index (χ1n) is 6.64. The molecule has 0 spiro atoms. The molecule has 1 saturated heterocycles. The minimum Gasteiger partial charge on any atom is -0.353 e. The Labute approximate surface area is 106 Å². The average Bonchev–Trinajstić information content (AvgIpc) is 2.75. The van der Waals surface area contributed by atoms with E-state index in [1.807, 2.05) is 13.8 Å². The zero-order chi connectivity index (χ0) is 12.9. The second kappa shape index (κ2) is 3.90. The summed E-state index contributed by atoms with van der Waals surface area (Å²) >= 11 is 0. The lowest BCUT2D eigenvalue weighted by Gasteiger charge is -2.38. The van der Waals surface area contributed by atoms with Crippen LogP contribution >= 0.6 is 0 Å². The first-order chi connectivity index (χ1) is 8.50. The van der Waals surface area contributed by atoms with Gasteiger partial charge < -0.3 is 4.90 Å². The summed E-state index contributed by atoms with van der Waals surface area (Å²) in [5, 5.41) is 0. The first kappa shape index (κ1) is 11.9. The zero-order valence-corrected chi connectivity index (χ0v) is 10.8. The van der Waals surface area contributed by atoms with Crippen LogP contribution in [-0.2, 0) is 5.92 Å². The molecule has 1 aromatic rings. The fourth-order valence-corrected chi connectivity index (χ4v) is 3.26. The van der Waals surface area contributed by atoms with Gasteiger partial charge in [0.2, 0.25) is 0 Å². The minimum absolute atomic E-state index is 0.0255. The Morgan fingerprint density at radius 1 is 1.44 bits per heavy atom. The molecule has 2 aliphatic rings. The van der Waals surface area contributed by atoms with Gasteiger partial charge >= 0.3 is 0 Å². The lowest BCUT2D eigenvalue weighted by atomic mass is 9.88. The van der Waals surface area contributed by atoms with Crippen LogP contribution in [0.3, 0.4) is 0 Å². The minimum atomic E-state index is -2.73. The van der Waals surface area contributed by atoms with E-state index < -0.39 is 5.92 Å². The number of rotatable bonds is 1. The van der Waals surface area contributed by atoms with Crippen LogP contribution in [-0.4, -0.2) is 17.6 Å². The van der Waals surface area contributed by atoms with Crippen LogP contribution in [0.2, 0.25) is 0 Å². The van der Waals surface area contributed by atoms with Gasteiger partial charge in [-0.25, -0.2) is 13.8 Å². The highest BCUT2D eigenvalue weighted by molar-refractivity contribution is 5.57. The Hall–Kier alpha value is -1.19. The number of halogens is 2. The van der Waals surface area contributed by atoms with Crippen LogP contribution < -0.4 is 4.90 Å². The normalized spacial score (nSPS) is 25.2. The standard InChI is InChI=1S/C14H18F2N2/c1-9(2)11-5-6-17-13-12(11)14(15,16)8-10-4-3-7-18(10)13/h5-6,9-10H,3-4,7-8H2,1-2H3. The molecule has 0 aliphatic carbocycles. The molecule has 1 atom stereocenters. The van der Waals surface area contributed by atoms with E-state index in [1.165, 1.54) is 0 Å². The molecule has 1 aromatic heterocycles. The van der Waals surface area contributed by atoms with Gasteiger partial charge in [-0.05, 0) is 30.4 Å². The SMILES string of the molecule is CC(C)c1ccnc2c1C(F)(F)CC1CCCN21. The summed E-state index contributed by atoms with van der Waals surface area (Å²) in [5.74, 6) is -2.10. The van der Waals surface area contributed by atoms with Gasteiger partial charge in [-0.1, -0.05) is 13.8 Å². The van der Waals surface area contributed by atoms with E-state index in [1.54, 1.807) is 12.3 Å². The average molecular weight is 252 g/mol. The second-order valence-electron chi connectivity index (χ2n) is 5.65. The van der Waals surface area contributed by atoms with Crippen molar-refractivity contribution < 1.29 is 8.78 Å². The molecule has 3 rings (SSSR count). The van der Waals surface area contributed by atoms with Crippen LogP contribution in [0, 0.1) is 0 Å². The highest BCUT2D eigenvalue weighted by atomic mass is 19.3. The number of hydrogen-bond acceptors (Lipinski definition) is 2. The third-order valence-corrected chi connectivity index (χ3v) is 4.09. The molecule has 0 saturated carbocycles. The molecule has 18 heavy (non-hydrogen) atoms. The van der Waals surface area contributed by atoms with E-state index in [0.29, 0.717) is 5.82 Å². The first-order valence-corrected chi connectivity index (χ1v) is 6.64. The quantitative estimate of drug-likeness (QED) is 0.758. The summed E-state index contributed by atoms with van der Waals surface area (Å²) in [7, 11) is 0. The Morgan fingerprint density at radius 3 is 2.94 bits per heavy atom. The molecule has 0 N–H and O–H groups in total. The van der Waals surface area contributed by atoms with E-state index in [2.05, 4.69) is 9.88 Å². The number of aromatic nitrogens is 1. The highest BCUT2D eigenvalue weighted by Crippen LogP contribution is 2.49. The Morgan fingerprint density at radius 2 is 2.22 bits per heavy atom. The maximum atomic E-state index is 14.4. The molecular weight excluding hydrogens is 234 g/mol. The molecule has 98 valence electrons. The van der Waals surface area contributed by atoms with Crippen molar-refractivity contribution in [1.82, 2.24) is 4.98 Å². The smallest absolute Gasteiger partial charge is 0.279 e.